The maximum absolute atomic E-state index is 13.2. The molecule has 1 aliphatic rings. The Kier molecular flexibility index (Phi) is 2.05. The molecule has 1 heterocycles. The molecular weight excluding hydrogens is 191 g/mol. The highest BCUT2D eigenvalue weighted by Crippen LogP contribution is 2.41. The van der Waals surface area contributed by atoms with Crippen molar-refractivity contribution in [3.05, 3.63) is 34.1 Å². The summed E-state index contributed by atoms with van der Waals surface area (Å²) in [4.78, 5) is 0. The summed E-state index contributed by atoms with van der Waals surface area (Å²) in [6.45, 7) is 3.64. The predicted molar refractivity (Wildman–Crippen MR) is 49.4 cm³/mol. The van der Waals surface area contributed by atoms with Crippen molar-refractivity contribution in [3.63, 3.8) is 0 Å². The van der Waals surface area contributed by atoms with Gasteiger partial charge in [0.1, 0.15) is 11.9 Å². The van der Waals surface area contributed by atoms with E-state index < -0.39 is 0 Å². The second-order valence-electron chi connectivity index (χ2n) is 3.38. The predicted octanol–water partition coefficient (Wildman–Crippen LogP) is 3.25. The van der Waals surface area contributed by atoms with Crippen LogP contribution in [0.25, 0.3) is 0 Å². The average Bonchev–Trinajstić information content (AvgIpc) is 2.75. The van der Waals surface area contributed by atoms with E-state index in [4.69, 9.17) is 16.3 Å². The Labute approximate surface area is 81.5 Å². The third kappa shape index (κ3) is 1.56. The molecule has 3 heteroatoms. The van der Waals surface area contributed by atoms with Gasteiger partial charge in [0.2, 0.25) is 0 Å². The fourth-order valence-corrected chi connectivity index (χ4v) is 1.72. The van der Waals surface area contributed by atoms with E-state index in [2.05, 4.69) is 0 Å². The first-order valence-corrected chi connectivity index (χ1v) is 4.58. The number of ether oxygens (including phenoxy) is 1. The lowest BCUT2D eigenvalue weighted by Gasteiger charge is -2.03. The minimum absolute atomic E-state index is 0.0115. The Morgan fingerprint density at radius 2 is 2.08 bits per heavy atom. The SMILES string of the molecule is Cc1cc(Cl)c(C2OC2C)cc1F. The maximum Gasteiger partial charge on any atom is 0.126 e. The zero-order valence-electron chi connectivity index (χ0n) is 7.47. The van der Waals surface area contributed by atoms with Crippen molar-refractivity contribution in [3.8, 4) is 0 Å². The number of benzene rings is 1. The Bertz CT molecular complexity index is 351. The molecule has 0 saturated carbocycles. The van der Waals surface area contributed by atoms with Gasteiger partial charge < -0.3 is 4.74 Å². The van der Waals surface area contributed by atoms with Crippen LogP contribution in [0.5, 0.6) is 0 Å². The molecule has 2 rings (SSSR count). The summed E-state index contributed by atoms with van der Waals surface area (Å²) in [5.41, 5.74) is 1.33. The molecule has 1 saturated heterocycles. The highest BCUT2D eigenvalue weighted by molar-refractivity contribution is 6.31. The standard InChI is InChI=1S/C10H10ClFO/c1-5-3-8(11)7(4-9(5)12)10-6(2)13-10/h3-4,6,10H,1-2H3. The average molecular weight is 201 g/mol. The number of rotatable bonds is 1. The third-order valence-electron chi connectivity index (χ3n) is 2.30. The van der Waals surface area contributed by atoms with Gasteiger partial charge in [0, 0.05) is 10.6 Å². The smallest absolute Gasteiger partial charge is 0.126 e. The molecule has 70 valence electrons. The Morgan fingerprint density at radius 3 is 2.62 bits per heavy atom. The summed E-state index contributed by atoms with van der Waals surface area (Å²) in [5.74, 6) is -0.220. The molecule has 1 fully saturated rings. The van der Waals surface area contributed by atoms with Gasteiger partial charge in [-0.3, -0.25) is 0 Å². The van der Waals surface area contributed by atoms with Gasteiger partial charge in [-0.15, -0.1) is 0 Å². The third-order valence-corrected chi connectivity index (χ3v) is 2.62. The van der Waals surface area contributed by atoms with E-state index in [1.807, 2.05) is 6.92 Å². The molecule has 2 atom stereocenters. The number of halogens is 2. The monoisotopic (exact) mass is 200 g/mol. The Hall–Kier alpha value is -0.600. The van der Waals surface area contributed by atoms with Gasteiger partial charge in [0.15, 0.2) is 0 Å². The van der Waals surface area contributed by atoms with Gasteiger partial charge in [-0.2, -0.15) is 0 Å². The van der Waals surface area contributed by atoms with Crippen LogP contribution in [-0.4, -0.2) is 6.10 Å². The molecule has 0 aromatic heterocycles. The molecule has 1 aromatic carbocycles. The first-order chi connectivity index (χ1) is 6.09. The van der Waals surface area contributed by atoms with Crippen molar-refractivity contribution in [2.75, 3.05) is 0 Å². The summed E-state index contributed by atoms with van der Waals surface area (Å²) in [6.07, 6.45) is 0.155. The lowest BCUT2D eigenvalue weighted by molar-refractivity contribution is 0.382. The van der Waals surface area contributed by atoms with Crippen LogP contribution in [-0.2, 0) is 4.74 Å². The molecule has 1 aromatic rings. The van der Waals surface area contributed by atoms with Gasteiger partial charge in [-0.1, -0.05) is 11.6 Å². The molecule has 0 radical (unpaired) electrons. The van der Waals surface area contributed by atoms with Crippen molar-refractivity contribution >= 4 is 11.6 Å². The van der Waals surface area contributed by atoms with Gasteiger partial charge in [-0.05, 0) is 31.5 Å². The van der Waals surface area contributed by atoms with Crippen LogP contribution in [0.4, 0.5) is 4.39 Å². The van der Waals surface area contributed by atoms with Crippen LogP contribution in [0.15, 0.2) is 12.1 Å². The molecule has 1 aliphatic heterocycles. The minimum atomic E-state index is -0.220. The summed E-state index contributed by atoms with van der Waals surface area (Å²) < 4.78 is 18.4. The van der Waals surface area contributed by atoms with Gasteiger partial charge in [0.25, 0.3) is 0 Å². The number of epoxide rings is 1. The van der Waals surface area contributed by atoms with E-state index in [-0.39, 0.29) is 18.0 Å². The molecule has 1 nitrogen and oxygen atoms in total. The topological polar surface area (TPSA) is 12.5 Å². The second-order valence-corrected chi connectivity index (χ2v) is 3.79. The van der Waals surface area contributed by atoms with Crippen LogP contribution < -0.4 is 0 Å². The number of hydrogen-bond donors (Lipinski definition) is 0. The summed E-state index contributed by atoms with van der Waals surface area (Å²) in [5, 5.41) is 0.591. The normalized spacial score (nSPS) is 26.2. The summed E-state index contributed by atoms with van der Waals surface area (Å²) in [7, 11) is 0. The number of hydrogen-bond acceptors (Lipinski definition) is 1. The highest BCUT2D eigenvalue weighted by Gasteiger charge is 2.37. The van der Waals surface area contributed by atoms with Gasteiger partial charge >= 0.3 is 0 Å². The molecule has 13 heavy (non-hydrogen) atoms. The fraction of sp³-hybridized carbons (Fsp3) is 0.400. The first-order valence-electron chi connectivity index (χ1n) is 4.20. The Balaban J connectivity index is 2.41. The lowest BCUT2D eigenvalue weighted by atomic mass is 10.1. The zero-order chi connectivity index (χ0) is 9.59. The van der Waals surface area contributed by atoms with Crippen molar-refractivity contribution in [1.29, 1.82) is 0 Å². The molecule has 0 amide bonds. The van der Waals surface area contributed by atoms with Gasteiger partial charge in [0.05, 0.1) is 6.10 Å². The first kappa shape index (κ1) is 8.97. The summed E-state index contributed by atoms with van der Waals surface area (Å²) in [6, 6.07) is 3.10. The van der Waals surface area contributed by atoms with Crippen LogP contribution in [0.3, 0.4) is 0 Å². The molecular formula is C10H10ClFO. The minimum Gasteiger partial charge on any atom is -0.365 e. The van der Waals surface area contributed by atoms with Crippen LogP contribution in [0, 0.1) is 12.7 Å². The van der Waals surface area contributed by atoms with Crippen molar-refractivity contribution in [1.82, 2.24) is 0 Å². The quantitative estimate of drug-likeness (QED) is 0.634. The van der Waals surface area contributed by atoms with E-state index in [1.165, 1.54) is 6.07 Å². The van der Waals surface area contributed by atoms with Crippen LogP contribution in [0.1, 0.15) is 24.2 Å². The Morgan fingerprint density at radius 1 is 1.46 bits per heavy atom. The van der Waals surface area contributed by atoms with Crippen molar-refractivity contribution < 1.29 is 9.13 Å². The lowest BCUT2D eigenvalue weighted by Crippen LogP contribution is -1.90. The van der Waals surface area contributed by atoms with E-state index in [9.17, 15) is 4.39 Å². The van der Waals surface area contributed by atoms with E-state index in [0.717, 1.165) is 5.56 Å². The molecule has 2 unspecified atom stereocenters. The summed E-state index contributed by atoms with van der Waals surface area (Å²) >= 11 is 5.96. The number of aryl methyl sites for hydroxylation is 1. The highest BCUT2D eigenvalue weighted by atomic mass is 35.5. The molecule has 0 N–H and O–H groups in total. The van der Waals surface area contributed by atoms with Crippen molar-refractivity contribution in [2.45, 2.75) is 26.1 Å². The van der Waals surface area contributed by atoms with E-state index >= 15 is 0 Å². The van der Waals surface area contributed by atoms with E-state index in [1.54, 1.807) is 13.0 Å². The zero-order valence-corrected chi connectivity index (χ0v) is 8.23. The largest absolute Gasteiger partial charge is 0.365 e. The van der Waals surface area contributed by atoms with Gasteiger partial charge in [-0.25, -0.2) is 4.39 Å². The molecule has 0 spiro atoms. The molecule has 0 aliphatic carbocycles. The fourth-order valence-electron chi connectivity index (χ4n) is 1.39. The van der Waals surface area contributed by atoms with Crippen molar-refractivity contribution in [2.24, 2.45) is 0 Å². The maximum atomic E-state index is 13.2. The molecule has 0 bridgehead atoms. The van der Waals surface area contributed by atoms with Crippen LogP contribution in [0.2, 0.25) is 5.02 Å². The van der Waals surface area contributed by atoms with Crippen LogP contribution >= 0.6 is 11.6 Å². The van der Waals surface area contributed by atoms with E-state index in [0.29, 0.717) is 10.6 Å². The second kappa shape index (κ2) is 2.96.